The lowest BCUT2D eigenvalue weighted by molar-refractivity contribution is 0.620. The van der Waals surface area contributed by atoms with Crippen molar-refractivity contribution in [2.75, 3.05) is 0 Å². The Kier molecular flexibility index (Phi) is 4.19. The van der Waals surface area contributed by atoms with Crippen molar-refractivity contribution in [3.05, 3.63) is 138 Å². The molecule has 9 aromatic rings. The van der Waals surface area contributed by atoms with Gasteiger partial charge in [0.1, 0.15) is 5.58 Å². The highest BCUT2D eigenvalue weighted by Gasteiger charge is 2.50. The monoisotopic (exact) mass is 638 g/mol. The summed E-state index contributed by atoms with van der Waals surface area (Å²) in [5.74, 6) is 0. The van der Waals surface area contributed by atoms with Crippen LogP contribution in [0.1, 0.15) is 50.1 Å². The van der Waals surface area contributed by atoms with Crippen molar-refractivity contribution in [3.8, 4) is 39.2 Å². The predicted octanol–water partition coefficient (Wildman–Crippen LogP) is 10.0. The van der Waals surface area contributed by atoms with Crippen molar-refractivity contribution in [3.63, 3.8) is 0 Å². The van der Waals surface area contributed by atoms with Gasteiger partial charge < -0.3 is 13.5 Å². The van der Waals surface area contributed by atoms with E-state index in [-0.39, 0.29) is 17.7 Å². The van der Waals surface area contributed by atoms with Gasteiger partial charge in [0.25, 0.3) is 0 Å². The smallest absolute Gasteiger partial charge is 0.333 e. The van der Waals surface area contributed by atoms with E-state index in [2.05, 4.69) is 152 Å². The quantitative estimate of drug-likeness (QED) is 0.152. The lowest BCUT2D eigenvalue weighted by Crippen LogP contribution is -2.56. The number of para-hydroxylation sites is 3. The van der Waals surface area contributed by atoms with E-state index < -0.39 is 0 Å². The third kappa shape index (κ3) is 2.57. The molecule has 0 unspecified atom stereocenters. The van der Waals surface area contributed by atoms with Gasteiger partial charge in [0, 0.05) is 66.0 Å². The minimum absolute atomic E-state index is 0.00898. The van der Waals surface area contributed by atoms with E-state index in [0.717, 1.165) is 11.2 Å². The van der Waals surface area contributed by atoms with Gasteiger partial charge in [-0.15, -0.1) is 0 Å². The van der Waals surface area contributed by atoms with E-state index >= 15 is 0 Å². The molecule has 0 N–H and O–H groups in total. The lowest BCUT2D eigenvalue weighted by atomic mass is 9.45. The summed E-state index contributed by atoms with van der Waals surface area (Å²) in [5.41, 5.74) is 21.9. The van der Waals surface area contributed by atoms with Crippen molar-refractivity contribution in [1.29, 1.82) is 0 Å². The molecule has 2 aliphatic heterocycles. The Morgan fingerprint density at radius 3 is 2.12 bits per heavy atom. The van der Waals surface area contributed by atoms with Crippen LogP contribution in [0.15, 0.2) is 120 Å². The molecule has 3 nitrogen and oxygen atoms in total. The minimum Gasteiger partial charge on any atom is -0.454 e. The molecule has 0 saturated carbocycles. The number of fused-ring (bicyclic) bond motifs is 18. The highest BCUT2D eigenvalue weighted by atomic mass is 16.3. The second kappa shape index (κ2) is 8.00. The van der Waals surface area contributed by atoms with E-state index in [1.807, 2.05) is 0 Å². The fourth-order valence-electron chi connectivity index (χ4n) is 11.2. The molecule has 234 valence electrons. The zero-order valence-electron chi connectivity index (χ0n) is 28.3. The number of benzene rings is 6. The molecular formula is C46H31BN2O. The summed E-state index contributed by atoms with van der Waals surface area (Å²) in [7, 11) is 0. The first-order valence-electron chi connectivity index (χ1n) is 17.9. The number of aromatic nitrogens is 2. The Hall–Kier alpha value is -5.74. The van der Waals surface area contributed by atoms with Gasteiger partial charge in [-0.2, -0.15) is 0 Å². The third-order valence-electron chi connectivity index (χ3n) is 13.0. The minimum atomic E-state index is -0.201. The number of hydrogen-bond donors (Lipinski definition) is 0. The topological polar surface area (TPSA) is 23.0 Å². The first kappa shape index (κ1) is 26.2. The predicted molar refractivity (Wildman–Crippen MR) is 207 cm³/mol. The zero-order chi connectivity index (χ0) is 33.0. The standard InChI is InChI=1S/C46H31BN2O/c1-45(2)33-20-9-6-15-27(33)41-37(45)29-18-11-16-25-30-23-31-24-13-7-10-22-35(24)50-43(31)42-38(30)47(49(41)39(25)29)34-21-12-17-28-36-26-14-5-8-19-32(26)46(3,4)44(36)48(42)40(28)34/h5-23H,1-4H3. The Morgan fingerprint density at radius 1 is 0.580 bits per heavy atom. The van der Waals surface area contributed by atoms with Gasteiger partial charge in [-0.1, -0.05) is 131 Å². The summed E-state index contributed by atoms with van der Waals surface area (Å²) >= 11 is 0. The zero-order valence-corrected chi connectivity index (χ0v) is 28.3. The highest BCUT2D eigenvalue weighted by molar-refractivity contribution is 6.90. The van der Waals surface area contributed by atoms with Crippen LogP contribution < -0.4 is 10.9 Å². The van der Waals surface area contributed by atoms with Crippen LogP contribution in [0.25, 0.3) is 82.9 Å². The molecule has 5 heterocycles. The molecule has 0 saturated heterocycles. The number of hydrogen-bond acceptors (Lipinski definition) is 1. The summed E-state index contributed by atoms with van der Waals surface area (Å²) in [6, 6.07) is 43.3. The molecule has 0 spiro atoms. The Labute approximate surface area is 289 Å². The molecule has 50 heavy (non-hydrogen) atoms. The molecular weight excluding hydrogens is 607 g/mol. The van der Waals surface area contributed by atoms with Gasteiger partial charge in [0.15, 0.2) is 5.58 Å². The third-order valence-corrected chi connectivity index (χ3v) is 13.0. The highest BCUT2D eigenvalue weighted by Crippen LogP contribution is 2.58. The van der Waals surface area contributed by atoms with E-state index in [1.54, 1.807) is 0 Å². The first-order chi connectivity index (χ1) is 24.4. The Bertz CT molecular complexity index is 3110. The molecule has 13 rings (SSSR count). The van der Waals surface area contributed by atoms with Crippen molar-refractivity contribution in [2.24, 2.45) is 0 Å². The molecule has 2 aliphatic carbocycles. The van der Waals surface area contributed by atoms with Crippen molar-refractivity contribution < 1.29 is 4.42 Å². The van der Waals surface area contributed by atoms with Gasteiger partial charge in [0.2, 0.25) is 0 Å². The van der Waals surface area contributed by atoms with Crippen LogP contribution in [0.5, 0.6) is 0 Å². The number of rotatable bonds is 0. The van der Waals surface area contributed by atoms with E-state index in [9.17, 15) is 0 Å². The van der Waals surface area contributed by atoms with Crippen LogP contribution in [0.3, 0.4) is 0 Å². The van der Waals surface area contributed by atoms with Gasteiger partial charge in [-0.25, -0.2) is 0 Å². The summed E-state index contributed by atoms with van der Waals surface area (Å²) < 4.78 is 12.4. The normalized spacial score (nSPS) is 16.3. The Balaban J connectivity index is 1.31. The molecule has 0 radical (unpaired) electrons. The number of nitrogens with zero attached hydrogens (tertiary/aromatic N) is 2. The summed E-state index contributed by atoms with van der Waals surface area (Å²) in [6.07, 6.45) is 0. The van der Waals surface area contributed by atoms with Gasteiger partial charge >= 0.3 is 6.85 Å². The molecule has 4 aliphatic rings. The maximum Gasteiger partial charge on any atom is 0.333 e. The van der Waals surface area contributed by atoms with Crippen LogP contribution in [-0.2, 0) is 10.8 Å². The lowest BCUT2D eigenvalue weighted by Gasteiger charge is -2.36. The van der Waals surface area contributed by atoms with Crippen LogP contribution in [0.2, 0.25) is 0 Å². The second-order valence-electron chi connectivity index (χ2n) is 16.0. The van der Waals surface area contributed by atoms with Gasteiger partial charge in [-0.3, -0.25) is 0 Å². The fraction of sp³-hybridized carbons (Fsp3) is 0.130. The number of furan rings is 1. The SMILES string of the molecule is CC1(C)c2ccccc2-c2c1c1cccc3c1n2B1c2c-3cc3c(oc4ccccc43)c2-n2c3c(c4cccc1c42)-c1ccccc1C3(C)C. The first-order valence-corrected chi connectivity index (χ1v) is 17.9. The summed E-state index contributed by atoms with van der Waals surface area (Å²) in [5, 5.41) is 5.06. The summed E-state index contributed by atoms with van der Waals surface area (Å²) in [4.78, 5) is 0. The van der Waals surface area contributed by atoms with Crippen LogP contribution in [-0.4, -0.2) is 15.9 Å². The van der Waals surface area contributed by atoms with Gasteiger partial charge in [0.05, 0.1) is 11.2 Å². The van der Waals surface area contributed by atoms with Crippen LogP contribution >= 0.6 is 0 Å². The van der Waals surface area contributed by atoms with E-state index in [1.165, 1.54) is 105 Å². The average molecular weight is 639 g/mol. The van der Waals surface area contributed by atoms with Crippen LogP contribution in [0, 0.1) is 0 Å². The van der Waals surface area contributed by atoms with Crippen molar-refractivity contribution in [1.82, 2.24) is 9.05 Å². The molecule has 0 amide bonds. The van der Waals surface area contributed by atoms with Gasteiger partial charge in [-0.05, 0) is 50.9 Å². The molecule has 6 aromatic carbocycles. The molecule has 0 fully saturated rings. The largest absolute Gasteiger partial charge is 0.454 e. The van der Waals surface area contributed by atoms with Crippen molar-refractivity contribution in [2.45, 2.75) is 38.5 Å². The van der Waals surface area contributed by atoms with E-state index in [4.69, 9.17) is 4.42 Å². The van der Waals surface area contributed by atoms with E-state index in [0.29, 0.717) is 0 Å². The summed E-state index contributed by atoms with van der Waals surface area (Å²) in [6.45, 7) is 9.65. The molecule has 3 aromatic heterocycles. The van der Waals surface area contributed by atoms with Crippen molar-refractivity contribution >= 4 is 61.5 Å². The fourth-order valence-corrected chi connectivity index (χ4v) is 11.2. The average Bonchev–Trinajstić information content (AvgIpc) is 3.89. The second-order valence-corrected chi connectivity index (χ2v) is 16.0. The molecule has 4 heteroatoms. The maximum atomic E-state index is 7.04. The van der Waals surface area contributed by atoms with Crippen LogP contribution in [0.4, 0.5) is 0 Å². The molecule has 0 atom stereocenters. The maximum absolute atomic E-state index is 7.04. The Morgan fingerprint density at radius 2 is 1.26 bits per heavy atom. The molecule has 0 bridgehead atoms.